The van der Waals surface area contributed by atoms with Gasteiger partial charge in [0.15, 0.2) is 0 Å². The molecule has 1 aliphatic rings. The fraction of sp³-hybridized carbons (Fsp3) is 0.571. The Labute approximate surface area is 77.9 Å². The molecule has 0 saturated heterocycles. The van der Waals surface area contributed by atoms with E-state index in [1.807, 2.05) is 0 Å². The number of allylic oxidation sites excluding steroid dienone is 1. The molecule has 0 bridgehead atoms. The van der Waals surface area contributed by atoms with Crippen molar-refractivity contribution in [3.05, 3.63) is 10.5 Å². The number of rotatable bonds is 2. The third-order valence-electron chi connectivity index (χ3n) is 1.61. The molecular formula is C7H10S3. The van der Waals surface area contributed by atoms with E-state index < -0.39 is 0 Å². The fourth-order valence-corrected chi connectivity index (χ4v) is 2.17. The van der Waals surface area contributed by atoms with Crippen LogP contribution < -0.4 is 0 Å². The molecule has 0 aromatic rings. The van der Waals surface area contributed by atoms with E-state index in [1.54, 1.807) is 0 Å². The number of thiocarbonyl (C=S) groups is 1. The van der Waals surface area contributed by atoms with Crippen LogP contribution in [-0.4, -0.2) is 10.1 Å². The first-order valence-electron chi connectivity index (χ1n) is 3.32. The smallest absolute Gasteiger partial charge is 0.0681 e. The third-order valence-corrected chi connectivity index (χ3v) is 3.52. The highest BCUT2D eigenvalue weighted by atomic mass is 32.1. The van der Waals surface area contributed by atoms with Gasteiger partial charge in [0.1, 0.15) is 0 Å². The van der Waals surface area contributed by atoms with Crippen LogP contribution in [0.2, 0.25) is 0 Å². The molecule has 0 aromatic heterocycles. The van der Waals surface area contributed by atoms with E-state index in [2.05, 4.69) is 32.2 Å². The molecule has 0 amide bonds. The quantitative estimate of drug-likeness (QED) is 0.498. The molecule has 1 atom stereocenters. The van der Waals surface area contributed by atoms with Gasteiger partial charge in [0.2, 0.25) is 0 Å². The number of hydrogen-bond acceptors (Lipinski definition) is 3. The highest BCUT2D eigenvalue weighted by Crippen LogP contribution is 2.35. The predicted octanol–water partition coefficient (Wildman–Crippen LogP) is 2.65. The molecular weight excluding hydrogens is 180 g/mol. The highest BCUT2D eigenvalue weighted by molar-refractivity contribution is 7.92. The Morgan fingerprint density at radius 1 is 1.60 bits per heavy atom. The minimum atomic E-state index is 0.153. The fourth-order valence-electron chi connectivity index (χ4n) is 1.00. The van der Waals surface area contributed by atoms with Gasteiger partial charge in [0.25, 0.3) is 0 Å². The average Bonchev–Trinajstić information content (AvgIpc) is 1.98. The molecule has 0 unspecified atom stereocenters. The summed E-state index contributed by atoms with van der Waals surface area (Å²) in [4.78, 5) is 2.07. The third kappa shape index (κ3) is 1.27. The van der Waals surface area contributed by atoms with Gasteiger partial charge in [-0.15, -0.1) is 12.6 Å². The van der Waals surface area contributed by atoms with Crippen LogP contribution in [0.25, 0.3) is 0 Å². The van der Waals surface area contributed by atoms with Crippen molar-refractivity contribution >= 4 is 42.3 Å². The molecule has 0 spiro atoms. The van der Waals surface area contributed by atoms with E-state index in [0.717, 1.165) is 22.6 Å². The summed E-state index contributed by atoms with van der Waals surface area (Å²) in [7, 11) is 0. The minimum Gasteiger partial charge on any atom is -0.165 e. The van der Waals surface area contributed by atoms with E-state index >= 15 is 0 Å². The van der Waals surface area contributed by atoms with Crippen LogP contribution in [-0.2, 0) is 0 Å². The average molecular weight is 190 g/mol. The molecule has 0 saturated carbocycles. The van der Waals surface area contributed by atoms with Gasteiger partial charge >= 0.3 is 0 Å². The Bertz CT molecular complexity index is 193. The van der Waals surface area contributed by atoms with Crippen molar-refractivity contribution in [3.63, 3.8) is 0 Å². The van der Waals surface area contributed by atoms with Gasteiger partial charge in [-0.3, -0.25) is 0 Å². The van der Waals surface area contributed by atoms with Crippen LogP contribution in [0.3, 0.4) is 0 Å². The topological polar surface area (TPSA) is 0 Å². The summed E-state index contributed by atoms with van der Waals surface area (Å²) in [6.45, 7) is 2.14. The molecule has 0 aliphatic heterocycles. The van der Waals surface area contributed by atoms with Crippen LogP contribution in [0.15, 0.2) is 10.5 Å². The molecule has 0 heterocycles. The molecule has 0 aromatic carbocycles. The van der Waals surface area contributed by atoms with Crippen molar-refractivity contribution in [3.8, 4) is 0 Å². The molecule has 56 valence electrons. The summed E-state index contributed by atoms with van der Waals surface area (Å²) in [5, 5.41) is 0.153. The van der Waals surface area contributed by atoms with Crippen LogP contribution in [0.1, 0.15) is 19.8 Å². The Morgan fingerprint density at radius 2 is 2.20 bits per heavy atom. The lowest BCUT2D eigenvalue weighted by atomic mass is 9.93. The zero-order chi connectivity index (χ0) is 7.72. The molecule has 10 heavy (non-hydrogen) atoms. The predicted molar refractivity (Wildman–Crippen MR) is 56.3 cm³/mol. The lowest BCUT2D eigenvalue weighted by molar-refractivity contribution is 0.918. The second-order valence-electron chi connectivity index (χ2n) is 2.38. The van der Waals surface area contributed by atoms with E-state index in [9.17, 15) is 0 Å². The zero-order valence-corrected chi connectivity index (χ0v) is 8.40. The number of hydrogen-bond donors (Lipinski definition) is 2. The van der Waals surface area contributed by atoms with Crippen molar-refractivity contribution in [1.82, 2.24) is 0 Å². The van der Waals surface area contributed by atoms with E-state index in [1.165, 1.54) is 5.57 Å². The van der Waals surface area contributed by atoms with Crippen molar-refractivity contribution in [2.75, 3.05) is 0 Å². The minimum absolute atomic E-state index is 0.153. The van der Waals surface area contributed by atoms with Crippen molar-refractivity contribution < 1.29 is 0 Å². The number of thiol groups is 2. The maximum Gasteiger partial charge on any atom is 0.0681 e. The Hall–Kier alpha value is 0.530. The van der Waals surface area contributed by atoms with Gasteiger partial charge in [0, 0.05) is 9.77 Å². The Kier molecular flexibility index (Phi) is 2.83. The second kappa shape index (κ2) is 3.28. The Balaban J connectivity index is 2.68. The van der Waals surface area contributed by atoms with Crippen LogP contribution in [0.4, 0.5) is 0 Å². The molecule has 1 aliphatic carbocycles. The summed E-state index contributed by atoms with van der Waals surface area (Å²) in [6, 6.07) is 0. The van der Waals surface area contributed by atoms with Crippen LogP contribution in [0.5, 0.6) is 0 Å². The summed E-state index contributed by atoms with van der Waals surface area (Å²) < 4.78 is 0. The summed E-state index contributed by atoms with van der Waals surface area (Å²) >= 11 is 13.6. The normalized spacial score (nSPS) is 25.1. The summed E-state index contributed by atoms with van der Waals surface area (Å²) in [5.74, 6) is 0. The van der Waals surface area contributed by atoms with Crippen LogP contribution in [0, 0.1) is 0 Å². The van der Waals surface area contributed by atoms with Gasteiger partial charge in [-0.1, -0.05) is 25.6 Å². The summed E-state index contributed by atoms with van der Waals surface area (Å²) in [5.41, 5.74) is 1.25. The van der Waals surface area contributed by atoms with Crippen LogP contribution >= 0.6 is 37.5 Å². The maximum absolute atomic E-state index is 5.09. The molecule has 0 fully saturated rings. The van der Waals surface area contributed by atoms with Crippen molar-refractivity contribution in [2.45, 2.75) is 25.0 Å². The lowest BCUT2D eigenvalue weighted by Gasteiger charge is -2.27. The first-order valence-corrected chi connectivity index (χ1v) is 4.70. The second-order valence-corrected chi connectivity index (χ2v) is 3.82. The maximum atomic E-state index is 5.09. The zero-order valence-electron chi connectivity index (χ0n) is 5.79. The SMILES string of the molecule is CCCC1=C(S)[C@@H](S)C1=S. The molecule has 1 rings (SSSR count). The first kappa shape index (κ1) is 8.62. The highest BCUT2D eigenvalue weighted by Gasteiger charge is 2.28. The van der Waals surface area contributed by atoms with Crippen molar-refractivity contribution in [2.24, 2.45) is 0 Å². The monoisotopic (exact) mass is 190 g/mol. The molecule has 0 nitrogen and oxygen atoms in total. The van der Waals surface area contributed by atoms with E-state index in [-0.39, 0.29) is 5.25 Å². The van der Waals surface area contributed by atoms with Gasteiger partial charge in [-0.05, 0) is 12.0 Å². The standard InChI is InChI=1S/C7H10S3/c1-2-3-4-5(8)7(10)6(4)9/h7-8,10H,2-3H2,1H3/t7-/m1/s1. The van der Waals surface area contributed by atoms with E-state index in [0.29, 0.717) is 0 Å². The molecule has 0 N–H and O–H groups in total. The van der Waals surface area contributed by atoms with Crippen molar-refractivity contribution in [1.29, 1.82) is 0 Å². The molecule has 0 radical (unpaired) electrons. The van der Waals surface area contributed by atoms with Gasteiger partial charge in [-0.25, -0.2) is 0 Å². The largest absolute Gasteiger partial charge is 0.165 e. The van der Waals surface area contributed by atoms with Gasteiger partial charge < -0.3 is 0 Å². The first-order chi connectivity index (χ1) is 4.68. The molecule has 3 heteroatoms. The van der Waals surface area contributed by atoms with Gasteiger partial charge in [0.05, 0.1) is 5.25 Å². The summed E-state index contributed by atoms with van der Waals surface area (Å²) in [6.07, 6.45) is 2.20. The van der Waals surface area contributed by atoms with Gasteiger partial charge in [-0.2, -0.15) is 12.6 Å². The Morgan fingerprint density at radius 3 is 2.60 bits per heavy atom. The van der Waals surface area contributed by atoms with E-state index in [4.69, 9.17) is 12.2 Å². The lowest BCUT2D eigenvalue weighted by Crippen LogP contribution is -2.27.